The molecule has 0 radical (unpaired) electrons. The molecule has 4 nitrogen and oxygen atoms in total. The molecule has 1 N–H and O–H groups in total. The summed E-state index contributed by atoms with van der Waals surface area (Å²) >= 11 is 1.67. The first kappa shape index (κ1) is 17.8. The lowest BCUT2D eigenvalue weighted by molar-refractivity contribution is -0.642. The van der Waals surface area contributed by atoms with Crippen molar-refractivity contribution in [2.45, 2.75) is 0 Å². The average Bonchev–Trinajstić information content (AvgIpc) is 3.10. The van der Waals surface area contributed by atoms with Crippen LogP contribution in [-0.2, 0) is 7.05 Å². The number of ether oxygens (including phenoxy) is 1. The Morgan fingerprint density at radius 2 is 1.96 bits per heavy atom. The predicted octanol–water partition coefficient (Wildman–Crippen LogP) is 1.36. The van der Waals surface area contributed by atoms with E-state index >= 15 is 0 Å². The third kappa shape index (κ3) is 3.11. The highest BCUT2D eigenvalue weighted by Gasteiger charge is 2.16. The summed E-state index contributed by atoms with van der Waals surface area (Å²) in [7, 11) is 3.68. The molecule has 0 aliphatic carbocycles. The molecule has 0 fully saturated rings. The molecule has 2 heterocycles. The van der Waals surface area contributed by atoms with E-state index in [4.69, 9.17) is 9.15 Å². The SMILES string of the molecule is COc1ccc2sc(/C=C/c3oc4ccccc4c3O)[n+](C)c2c1.[I-]. The molecular formula is C19H16INO3S. The molecule has 0 saturated carbocycles. The van der Waals surface area contributed by atoms with E-state index in [2.05, 4.69) is 10.6 Å². The first-order chi connectivity index (χ1) is 11.7. The Bertz CT molecular complexity index is 1080. The van der Waals surface area contributed by atoms with Gasteiger partial charge in [-0.05, 0) is 30.3 Å². The van der Waals surface area contributed by atoms with Gasteiger partial charge in [0, 0.05) is 6.08 Å². The van der Waals surface area contributed by atoms with E-state index < -0.39 is 0 Å². The third-order valence-electron chi connectivity index (χ3n) is 4.05. The number of nitrogens with zero attached hydrogens (tertiary/aromatic N) is 1. The van der Waals surface area contributed by atoms with Crippen molar-refractivity contribution in [2.75, 3.05) is 7.11 Å². The Labute approximate surface area is 166 Å². The zero-order valence-electron chi connectivity index (χ0n) is 13.7. The molecule has 2 aromatic carbocycles. The minimum atomic E-state index is 0. The minimum absolute atomic E-state index is 0. The second-order valence-corrected chi connectivity index (χ2v) is 6.54. The maximum absolute atomic E-state index is 10.3. The van der Waals surface area contributed by atoms with Crippen LogP contribution in [0, 0.1) is 0 Å². The quantitative estimate of drug-likeness (QED) is 0.367. The maximum atomic E-state index is 10.3. The number of hydrogen-bond donors (Lipinski definition) is 1. The highest BCUT2D eigenvalue weighted by atomic mass is 127. The molecule has 0 unspecified atom stereocenters. The van der Waals surface area contributed by atoms with Crippen molar-refractivity contribution in [3.8, 4) is 11.5 Å². The van der Waals surface area contributed by atoms with Crippen LogP contribution in [-0.4, -0.2) is 12.2 Å². The van der Waals surface area contributed by atoms with Crippen molar-refractivity contribution in [2.24, 2.45) is 7.05 Å². The van der Waals surface area contributed by atoms with Crippen LogP contribution in [0.4, 0.5) is 0 Å². The largest absolute Gasteiger partial charge is 1.00 e. The third-order valence-corrected chi connectivity index (χ3v) is 5.23. The average molecular weight is 465 g/mol. The molecule has 0 saturated heterocycles. The zero-order chi connectivity index (χ0) is 16.7. The Kier molecular flexibility index (Phi) is 5.01. The summed E-state index contributed by atoms with van der Waals surface area (Å²) < 4.78 is 14.3. The molecule has 25 heavy (non-hydrogen) atoms. The summed E-state index contributed by atoms with van der Waals surface area (Å²) in [4.78, 5) is 0. The van der Waals surface area contributed by atoms with Gasteiger partial charge in [0.15, 0.2) is 11.5 Å². The number of hydrogen-bond acceptors (Lipinski definition) is 4. The van der Waals surface area contributed by atoms with Crippen LogP contribution < -0.4 is 33.3 Å². The number of methoxy groups -OCH3 is 1. The fraction of sp³-hybridized carbons (Fsp3) is 0.105. The van der Waals surface area contributed by atoms with Crippen molar-refractivity contribution in [3.63, 3.8) is 0 Å². The Morgan fingerprint density at radius 1 is 1.16 bits per heavy atom. The summed E-state index contributed by atoms with van der Waals surface area (Å²) in [5.74, 6) is 1.47. The van der Waals surface area contributed by atoms with Crippen LogP contribution in [0.1, 0.15) is 10.8 Å². The molecule has 4 rings (SSSR count). The molecule has 0 aliphatic rings. The molecule has 2 aromatic heterocycles. The molecule has 0 amide bonds. The van der Waals surface area contributed by atoms with E-state index in [1.807, 2.05) is 49.5 Å². The van der Waals surface area contributed by atoms with Crippen LogP contribution in [0.2, 0.25) is 0 Å². The second-order valence-electron chi connectivity index (χ2n) is 5.48. The van der Waals surface area contributed by atoms with Crippen LogP contribution in [0.3, 0.4) is 0 Å². The lowest BCUT2D eigenvalue weighted by Gasteiger charge is -1.95. The number of benzene rings is 2. The molecule has 4 aromatic rings. The monoisotopic (exact) mass is 465 g/mol. The standard InChI is InChI=1S/C19H15NO3S.HI/c1-20-14-11-12(22-2)7-9-17(14)24-18(20)10-8-16-19(21)13-5-3-4-6-15(13)23-16;/h3-11H,1-2H3;1H. The van der Waals surface area contributed by atoms with Crippen molar-refractivity contribution in [3.05, 3.63) is 53.2 Å². The summed E-state index contributed by atoms with van der Waals surface area (Å²) in [6, 6.07) is 13.5. The van der Waals surface area contributed by atoms with Gasteiger partial charge in [-0.1, -0.05) is 23.5 Å². The van der Waals surface area contributed by atoms with E-state index in [1.54, 1.807) is 24.5 Å². The van der Waals surface area contributed by atoms with Gasteiger partial charge in [0.05, 0.1) is 18.6 Å². The van der Waals surface area contributed by atoms with Gasteiger partial charge in [0.25, 0.3) is 5.01 Å². The number of aromatic hydroxyl groups is 1. The van der Waals surface area contributed by atoms with Gasteiger partial charge in [-0.2, -0.15) is 4.57 Å². The molecule has 0 atom stereocenters. The number of fused-ring (bicyclic) bond motifs is 2. The second kappa shape index (κ2) is 7.05. The van der Waals surface area contributed by atoms with Crippen LogP contribution in [0.15, 0.2) is 46.9 Å². The van der Waals surface area contributed by atoms with Gasteiger partial charge < -0.3 is 38.2 Å². The van der Waals surface area contributed by atoms with Crippen molar-refractivity contribution < 1.29 is 42.8 Å². The summed E-state index contributed by atoms with van der Waals surface area (Å²) in [6.45, 7) is 0. The highest BCUT2D eigenvalue weighted by Crippen LogP contribution is 2.33. The van der Waals surface area contributed by atoms with E-state index in [-0.39, 0.29) is 29.7 Å². The van der Waals surface area contributed by atoms with Gasteiger partial charge in [-0.25, -0.2) is 0 Å². The van der Waals surface area contributed by atoms with Gasteiger partial charge >= 0.3 is 0 Å². The molecule has 6 heteroatoms. The Hall–Kier alpha value is -2.06. The lowest BCUT2D eigenvalue weighted by atomic mass is 10.2. The Morgan fingerprint density at radius 3 is 2.72 bits per heavy atom. The molecular weight excluding hydrogens is 449 g/mol. The van der Waals surface area contributed by atoms with Gasteiger partial charge in [-0.15, -0.1) is 0 Å². The van der Waals surface area contributed by atoms with Crippen LogP contribution in [0.5, 0.6) is 11.5 Å². The fourth-order valence-electron chi connectivity index (χ4n) is 2.73. The zero-order valence-corrected chi connectivity index (χ0v) is 16.7. The predicted molar refractivity (Wildman–Crippen MR) is 96.4 cm³/mol. The molecule has 0 aliphatic heterocycles. The number of thiazole rings is 1. The summed E-state index contributed by atoms with van der Waals surface area (Å²) in [6.07, 6.45) is 3.76. The number of para-hydroxylation sites is 1. The molecule has 0 spiro atoms. The van der Waals surface area contributed by atoms with Crippen molar-refractivity contribution in [1.82, 2.24) is 0 Å². The van der Waals surface area contributed by atoms with Gasteiger partial charge in [0.1, 0.15) is 23.1 Å². The van der Waals surface area contributed by atoms with Crippen molar-refractivity contribution >= 4 is 44.7 Å². The Balaban J connectivity index is 0.00000182. The summed E-state index contributed by atoms with van der Waals surface area (Å²) in [5.41, 5.74) is 1.79. The van der Waals surface area contributed by atoms with Gasteiger partial charge in [-0.3, -0.25) is 0 Å². The lowest BCUT2D eigenvalue weighted by Crippen LogP contribution is -3.00. The fourth-order valence-corrected chi connectivity index (χ4v) is 3.76. The normalized spacial score (nSPS) is 11.3. The molecule has 0 bridgehead atoms. The van der Waals surface area contributed by atoms with Gasteiger partial charge in [0.2, 0.25) is 5.52 Å². The first-order valence-electron chi connectivity index (χ1n) is 7.52. The van der Waals surface area contributed by atoms with E-state index in [1.165, 1.54) is 4.70 Å². The van der Waals surface area contributed by atoms with Crippen LogP contribution in [0.25, 0.3) is 33.3 Å². The number of aromatic nitrogens is 1. The highest BCUT2D eigenvalue weighted by molar-refractivity contribution is 7.18. The van der Waals surface area contributed by atoms with Crippen LogP contribution >= 0.6 is 11.3 Å². The van der Waals surface area contributed by atoms with E-state index in [9.17, 15) is 5.11 Å². The number of rotatable bonds is 3. The first-order valence-corrected chi connectivity index (χ1v) is 8.34. The van der Waals surface area contributed by atoms with E-state index in [0.29, 0.717) is 11.3 Å². The minimum Gasteiger partial charge on any atom is -1.00 e. The maximum Gasteiger partial charge on any atom is 0.262 e. The topological polar surface area (TPSA) is 46.5 Å². The number of furan rings is 1. The smallest absolute Gasteiger partial charge is 0.262 e. The summed E-state index contributed by atoms with van der Waals surface area (Å²) in [5, 5.41) is 12.1. The number of halogens is 1. The van der Waals surface area contributed by atoms with Crippen molar-refractivity contribution in [1.29, 1.82) is 0 Å². The van der Waals surface area contributed by atoms with E-state index in [0.717, 1.165) is 21.7 Å². The molecule has 128 valence electrons. The number of aryl methyl sites for hydroxylation is 1.